The van der Waals surface area contributed by atoms with Crippen molar-refractivity contribution in [2.75, 3.05) is 44.6 Å². The van der Waals surface area contributed by atoms with Crippen LogP contribution >= 0.6 is 0 Å². The van der Waals surface area contributed by atoms with Crippen LogP contribution in [0.3, 0.4) is 0 Å². The number of likely N-dealkylation sites (tertiary alicyclic amines) is 2. The Morgan fingerprint density at radius 3 is 2.81 bits per heavy atom. The molecule has 7 nitrogen and oxygen atoms in total. The maximum absolute atomic E-state index is 12.6. The van der Waals surface area contributed by atoms with Crippen LogP contribution in [0.25, 0.3) is 0 Å². The van der Waals surface area contributed by atoms with Crippen LogP contribution in [0.4, 0.5) is 5.69 Å². The number of carbonyl (C=O) groups is 2. The van der Waals surface area contributed by atoms with Crippen LogP contribution in [-0.2, 0) is 9.59 Å². The van der Waals surface area contributed by atoms with E-state index in [-0.39, 0.29) is 17.7 Å². The predicted molar refractivity (Wildman–Crippen MR) is 105 cm³/mol. The van der Waals surface area contributed by atoms with Crippen molar-refractivity contribution < 1.29 is 14.3 Å². The summed E-state index contributed by atoms with van der Waals surface area (Å²) < 4.78 is 5.43. The Bertz CT molecular complexity index is 649. The summed E-state index contributed by atoms with van der Waals surface area (Å²) >= 11 is 0. The highest BCUT2D eigenvalue weighted by molar-refractivity contribution is 5.97. The molecule has 1 aromatic rings. The van der Waals surface area contributed by atoms with Gasteiger partial charge < -0.3 is 20.7 Å². The molecule has 2 unspecified atom stereocenters. The third-order valence-electron chi connectivity index (χ3n) is 5.43. The van der Waals surface area contributed by atoms with Gasteiger partial charge >= 0.3 is 0 Å². The summed E-state index contributed by atoms with van der Waals surface area (Å²) in [6, 6.07) is 7.64. The summed E-state index contributed by atoms with van der Waals surface area (Å²) in [5.41, 5.74) is 6.12. The molecule has 3 rings (SSSR count). The van der Waals surface area contributed by atoms with Gasteiger partial charge in [0.15, 0.2) is 0 Å². The second-order valence-corrected chi connectivity index (χ2v) is 7.28. The van der Waals surface area contributed by atoms with E-state index >= 15 is 0 Å². The third-order valence-corrected chi connectivity index (χ3v) is 5.43. The Labute approximate surface area is 160 Å². The average molecular weight is 374 g/mol. The number of nitrogens with zero attached hydrogens (tertiary/aromatic N) is 2. The largest absolute Gasteiger partial charge is 0.492 e. The predicted octanol–water partition coefficient (Wildman–Crippen LogP) is 1.30. The zero-order valence-electron chi connectivity index (χ0n) is 16.0. The van der Waals surface area contributed by atoms with Gasteiger partial charge in [-0.05, 0) is 50.2 Å². The molecule has 2 atom stereocenters. The Morgan fingerprint density at radius 2 is 2.11 bits per heavy atom. The molecule has 2 amide bonds. The Kier molecular flexibility index (Phi) is 6.68. The normalized spacial score (nSPS) is 23.0. The van der Waals surface area contributed by atoms with Gasteiger partial charge in [0, 0.05) is 37.8 Å². The maximum atomic E-state index is 12.6. The summed E-state index contributed by atoms with van der Waals surface area (Å²) in [6.45, 7) is 6.45. The molecule has 2 aliphatic rings. The van der Waals surface area contributed by atoms with Crippen molar-refractivity contribution in [3.8, 4) is 5.75 Å². The van der Waals surface area contributed by atoms with Crippen molar-refractivity contribution in [2.24, 2.45) is 11.7 Å². The summed E-state index contributed by atoms with van der Waals surface area (Å²) in [4.78, 5) is 29.2. The van der Waals surface area contributed by atoms with Gasteiger partial charge in [0.2, 0.25) is 11.8 Å². The zero-order valence-corrected chi connectivity index (χ0v) is 16.0. The molecule has 148 valence electrons. The number of amides is 2. The van der Waals surface area contributed by atoms with E-state index in [0.717, 1.165) is 31.8 Å². The van der Waals surface area contributed by atoms with Crippen LogP contribution in [0.5, 0.6) is 5.75 Å². The van der Waals surface area contributed by atoms with E-state index in [1.54, 1.807) is 24.3 Å². The van der Waals surface area contributed by atoms with Crippen molar-refractivity contribution in [3.63, 3.8) is 0 Å². The molecule has 0 spiro atoms. The van der Waals surface area contributed by atoms with Gasteiger partial charge in [-0.15, -0.1) is 0 Å². The number of carbonyl (C=O) groups excluding carboxylic acids is 2. The third kappa shape index (κ3) is 4.99. The number of anilines is 1. The first-order chi connectivity index (χ1) is 13.1. The van der Waals surface area contributed by atoms with Gasteiger partial charge in [-0.25, -0.2) is 0 Å². The van der Waals surface area contributed by atoms with Gasteiger partial charge in [-0.1, -0.05) is 6.92 Å². The van der Waals surface area contributed by atoms with Gasteiger partial charge in [-0.2, -0.15) is 0 Å². The number of hydrogen-bond donors (Lipinski definition) is 2. The van der Waals surface area contributed by atoms with E-state index in [4.69, 9.17) is 10.5 Å². The number of ether oxygens (including phenoxy) is 1. The first-order valence-electron chi connectivity index (χ1n) is 9.86. The summed E-state index contributed by atoms with van der Waals surface area (Å²) in [5.74, 6) is 0.420. The average Bonchev–Trinajstić information content (AvgIpc) is 3.28. The van der Waals surface area contributed by atoms with Crippen LogP contribution in [0.15, 0.2) is 24.3 Å². The lowest BCUT2D eigenvalue weighted by Gasteiger charge is -2.27. The van der Waals surface area contributed by atoms with E-state index in [0.29, 0.717) is 37.8 Å². The second kappa shape index (κ2) is 9.19. The summed E-state index contributed by atoms with van der Waals surface area (Å²) in [5, 5.41) is 2.91. The van der Waals surface area contributed by atoms with Crippen molar-refractivity contribution in [2.45, 2.75) is 32.2 Å². The molecule has 0 bridgehead atoms. The fourth-order valence-electron chi connectivity index (χ4n) is 3.95. The molecular formula is C20H30N4O3. The van der Waals surface area contributed by atoms with Gasteiger partial charge in [0.05, 0.1) is 5.92 Å². The topological polar surface area (TPSA) is 87.9 Å². The smallest absolute Gasteiger partial charge is 0.229 e. The molecule has 2 fully saturated rings. The molecule has 2 heterocycles. The molecule has 0 aliphatic carbocycles. The van der Waals surface area contributed by atoms with Gasteiger partial charge in [0.1, 0.15) is 12.4 Å². The molecule has 2 saturated heterocycles. The number of benzene rings is 1. The van der Waals surface area contributed by atoms with E-state index in [1.807, 2.05) is 4.90 Å². The minimum Gasteiger partial charge on any atom is -0.492 e. The highest BCUT2D eigenvalue weighted by Gasteiger charge is 2.36. The first kappa shape index (κ1) is 19.6. The maximum Gasteiger partial charge on any atom is 0.229 e. The second-order valence-electron chi connectivity index (χ2n) is 7.28. The van der Waals surface area contributed by atoms with E-state index in [1.165, 1.54) is 6.42 Å². The molecular weight excluding hydrogens is 344 g/mol. The van der Waals surface area contributed by atoms with Crippen LogP contribution in [0, 0.1) is 5.92 Å². The number of nitrogens with one attached hydrogen (secondary N) is 1. The molecule has 0 radical (unpaired) electrons. The van der Waals surface area contributed by atoms with Gasteiger partial charge in [-0.3, -0.25) is 14.5 Å². The lowest BCUT2D eigenvalue weighted by molar-refractivity contribution is -0.128. The van der Waals surface area contributed by atoms with E-state index in [9.17, 15) is 9.59 Å². The SMILES string of the molecule is CCN1CCCC1CN1CC(C(=O)Nc2ccc(OCCN)cc2)CC1=O. The Balaban J connectivity index is 1.51. The Morgan fingerprint density at radius 1 is 1.33 bits per heavy atom. The monoisotopic (exact) mass is 374 g/mol. The van der Waals surface area contributed by atoms with E-state index in [2.05, 4.69) is 17.1 Å². The number of nitrogens with two attached hydrogens (primary N) is 1. The summed E-state index contributed by atoms with van der Waals surface area (Å²) in [7, 11) is 0. The summed E-state index contributed by atoms with van der Waals surface area (Å²) in [6.07, 6.45) is 2.62. The Hall–Kier alpha value is -2.12. The van der Waals surface area contributed by atoms with Crippen molar-refractivity contribution in [1.29, 1.82) is 0 Å². The fourth-order valence-corrected chi connectivity index (χ4v) is 3.95. The lowest BCUT2D eigenvalue weighted by Crippen LogP contribution is -2.41. The highest BCUT2D eigenvalue weighted by Crippen LogP contribution is 2.24. The zero-order chi connectivity index (χ0) is 19.2. The molecule has 0 saturated carbocycles. The quantitative estimate of drug-likeness (QED) is 0.716. The van der Waals surface area contributed by atoms with Crippen LogP contribution in [-0.4, -0.2) is 67.0 Å². The van der Waals surface area contributed by atoms with E-state index < -0.39 is 0 Å². The lowest BCUT2D eigenvalue weighted by atomic mass is 10.1. The van der Waals surface area contributed by atoms with Crippen molar-refractivity contribution in [1.82, 2.24) is 9.80 Å². The highest BCUT2D eigenvalue weighted by atomic mass is 16.5. The molecule has 1 aromatic carbocycles. The van der Waals surface area contributed by atoms with Gasteiger partial charge in [0.25, 0.3) is 0 Å². The van der Waals surface area contributed by atoms with Crippen LogP contribution in [0.1, 0.15) is 26.2 Å². The number of likely N-dealkylation sites (N-methyl/N-ethyl adjacent to an activating group) is 1. The van der Waals surface area contributed by atoms with Crippen molar-refractivity contribution >= 4 is 17.5 Å². The van der Waals surface area contributed by atoms with Crippen LogP contribution < -0.4 is 15.8 Å². The minimum absolute atomic E-state index is 0.0867. The molecule has 2 aliphatic heterocycles. The fraction of sp³-hybridized carbons (Fsp3) is 0.600. The van der Waals surface area contributed by atoms with Crippen molar-refractivity contribution in [3.05, 3.63) is 24.3 Å². The first-order valence-corrected chi connectivity index (χ1v) is 9.86. The molecule has 0 aromatic heterocycles. The minimum atomic E-state index is -0.290. The molecule has 3 N–H and O–H groups in total. The van der Waals surface area contributed by atoms with Crippen LogP contribution in [0.2, 0.25) is 0 Å². The number of rotatable bonds is 8. The molecule has 7 heteroatoms. The number of hydrogen-bond acceptors (Lipinski definition) is 5. The standard InChI is InChI=1S/C20H30N4O3/c1-2-23-10-3-4-17(23)14-24-13-15(12-19(24)25)20(26)22-16-5-7-18(8-6-16)27-11-9-21/h5-8,15,17H,2-4,9-14,21H2,1H3,(H,22,26). The molecule has 27 heavy (non-hydrogen) atoms.